The molecule has 4 atom stereocenters. The summed E-state index contributed by atoms with van der Waals surface area (Å²) in [7, 11) is 1.90. The maximum absolute atomic E-state index is 12.6. The second kappa shape index (κ2) is 6.34. The van der Waals surface area contributed by atoms with Crippen LogP contribution in [0.4, 0.5) is 0 Å². The molecule has 2 fully saturated rings. The maximum Gasteiger partial charge on any atom is 0.227 e. The molecule has 0 saturated heterocycles. The third-order valence-electron chi connectivity index (χ3n) is 4.66. The third-order valence-corrected chi connectivity index (χ3v) is 6.34. The number of nitrogens with zero attached hydrogens (tertiary/aromatic N) is 1. The summed E-state index contributed by atoms with van der Waals surface area (Å²) in [4.78, 5) is 15.7. The number of fused-ring (bicyclic) bond motifs is 2. The van der Waals surface area contributed by atoms with Crippen LogP contribution < -0.4 is 5.73 Å². The fourth-order valence-electron chi connectivity index (χ4n) is 3.71. The van der Waals surface area contributed by atoms with E-state index in [9.17, 15) is 4.79 Å². The van der Waals surface area contributed by atoms with Crippen LogP contribution in [0.3, 0.4) is 0 Å². The third kappa shape index (κ3) is 2.91. The van der Waals surface area contributed by atoms with E-state index in [-0.39, 0.29) is 30.3 Å². The molecule has 0 aromatic carbocycles. The molecule has 1 aromatic rings. The molecule has 2 aliphatic rings. The summed E-state index contributed by atoms with van der Waals surface area (Å²) in [5.41, 5.74) is 6.25. The molecule has 3 rings (SSSR count). The van der Waals surface area contributed by atoms with Crippen LogP contribution in [0, 0.1) is 17.8 Å². The fraction of sp³-hybridized carbons (Fsp3) is 0.643. The molecule has 2 aliphatic carbocycles. The second-order valence-electron chi connectivity index (χ2n) is 5.86. The van der Waals surface area contributed by atoms with E-state index < -0.39 is 0 Å². The molecule has 112 valence electrons. The summed E-state index contributed by atoms with van der Waals surface area (Å²) in [6.07, 6.45) is 3.57. The van der Waals surface area contributed by atoms with Crippen LogP contribution in [0.25, 0.3) is 0 Å². The lowest BCUT2D eigenvalue weighted by Crippen LogP contribution is -2.45. The number of carbonyl (C=O) groups is 1. The first kappa shape index (κ1) is 16.3. The van der Waals surface area contributed by atoms with Gasteiger partial charge < -0.3 is 10.6 Å². The highest BCUT2D eigenvalue weighted by Crippen LogP contribution is 2.48. The minimum Gasteiger partial charge on any atom is -0.340 e. The van der Waals surface area contributed by atoms with E-state index in [2.05, 4.69) is 27.4 Å². The Morgan fingerprint density at radius 3 is 2.75 bits per heavy atom. The largest absolute Gasteiger partial charge is 0.340 e. The number of hydrogen-bond donors (Lipinski definition) is 1. The van der Waals surface area contributed by atoms with Crippen molar-refractivity contribution in [2.24, 2.45) is 23.5 Å². The summed E-state index contributed by atoms with van der Waals surface area (Å²) >= 11 is 5.13. The van der Waals surface area contributed by atoms with E-state index in [1.165, 1.54) is 17.7 Å². The number of thiophene rings is 1. The van der Waals surface area contributed by atoms with Crippen LogP contribution in [0.1, 0.15) is 24.1 Å². The van der Waals surface area contributed by atoms with Gasteiger partial charge in [-0.3, -0.25) is 4.79 Å². The molecule has 0 spiro atoms. The fourth-order valence-corrected chi connectivity index (χ4v) is 5.21. The summed E-state index contributed by atoms with van der Waals surface area (Å²) in [5.74, 6) is 1.42. The Labute approximate surface area is 138 Å². The van der Waals surface area contributed by atoms with E-state index in [1.54, 1.807) is 11.3 Å². The molecule has 3 nitrogen and oxygen atoms in total. The lowest BCUT2D eigenvalue weighted by Gasteiger charge is -2.30. The number of carbonyl (C=O) groups excluding carboxylic acids is 1. The van der Waals surface area contributed by atoms with E-state index in [1.807, 2.05) is 11.9 Å². The first-order chi connectivity index (χ1) is 9.06. The van der Waals surface area contributed by atoms with Gasteiger partial charge in [0.05, 0.1) is 12.5 Å². The van der Waals surface area contributed by atoms with Gasteiger partial charge in [0, 0.05) is 27.8 Å². The zero-order chi connectivity index (χ0) is 13.6. The van der Waals surface area contributed by atoms with Crippen molar-refractivity contribution in [2.75, 3.05) is 7.05 Å². The van der Waals surface area contributed by atoms with Gasteiger partial charge in [-0.25, -0.2) is 0 Å². The summed E-state index contributed by atoms with van der Waals surface area (Å²) < 4.78 is 1.09. The maximum atomic E-state index is 12.6. The molecular weight excluding hydrogens is 360 g/mol. The quantitative estimate of drug-likeness (QED) is 0.876. The number of halogens is 2. The molecule has 4 unspecified atom stereocenters. The van der Waals surface area contributed by atoms with Gasteiger partial charge in [0.25, 0.3) is 0 Å². The lowest BCUT2D eigenvalue weighted by molar-refractivity contribution is -0.136. The van der Waals surface area contributed by atoms with Crippen LogP contribution >= 0.6 is 39.7 Å². The average Bonchev–Trinajstić information content (AvgIpc) is 3.05. The van der Waals surface area contributed by atoms with Gasteiger partial charge in [-0.05, 0) is 53.1 Å². The summed E-state index contributed by atoms with van der Waals surface area (Å²) in [5, 5.41) is 2.05. The molecule has 2 bridgehead atoms. The van der Waals surface area contributed by atoms with Gasteiger partial charge in [0.15, 0.2) is 0 Å². The number of amides is 1. The van der Waals surface area contributed by atoms with Crippen LogP contribution in [0.5, 0.6) is 0 Å². The van der Waals surface area contributed by atoms with Crippen LogP contribution in [-0.2, 0) is 11.3 Å². The normalized spacial score (nSPS) is 31.1. The molecule has 20 heavy (non-hydrogen) atoms. The van der Waals surface area contributed by atoms with Crippen LogP contribution in [-0.4, -0.2) is 23.9 Å². The highest BCUT2D eigenvalue weighted by molar-refractivity contribution is 9.10. The predicted molar refractivity (Wildman–Crippen MR) is 88.0 cm³/mol. The summed E-state index contributed by atoms with van der Waals surface area (Å²) in [6, 6.07) is 2.17. The molecule has 1 aromatic heterocycles. The first-order valence-corrected chi connectivity index (χ1v) is 8.47. The Hall–Kier alpha value is -0.100. The number of rotatable bonds is 3. The SMILES string of the molecule is CN(Cc1cc(Br)cs1)C(=O)C1C2CCC(C2)C1N.Cl. The average molecular weight is 380 g/mol. The van der Waals surface area contributed by atoms with Crippen molar-refractivity contribution in [1.82, 2.24) is 4.90 Å². The van der Waals surface area contributed by atoms with Gasteiger partial charge in [0.2, 0.25) is 5.91 Å². The van der Waals surface area contributed by atoms with E-state index in [0.717, 1.165) is 10.9 Å². The highest BCUT2D eigenvalue weighted by atomic mass is 79.9. The monoisotopic (exact) mass is 378 g/mol. The van der Waals surface area contributed by atoms with Crippen LogP contribution in [0.15, 0.2) is 15.9 Å². The van der Waals surface area contributed by atoms with Crippen molar-refractivity contribution in [1.29, 1.82) is 0 Å². The Kier molecular flexibility index (Phi) is 5.16. The molecular formula is C14H20BrClN2OS. The predicted octanol–water partition coefficient (Wildman–Crippen LogP) is 3.26. The minimum atomic E-state index is 0. The van der Waals surface area contributed by atoms with Gasteiger partial charge in [-0.2, -0.15) is 0 Å². The standard InChI is InChI=1S/C14H19BrN2OS.ClH/c1-17(6-11-5-10(15)7-19-11)14(18)12-8-2-3-9(4-8)13(12)16;/h5,7-9,12-13H,2-4,6,16H2,1H3;1H. The van der Waals surface area contributed by atoms with Gasteiger partial charge in [-0.15, -0.1) is 23.7 Å². The molecule has 2 N–H and O–H groups in total. The minimum absolute atomic E-state index is 0. The second-order valence-corrected chi connectivity index (χ2v) is 7.77. The van der Waals surface area contributed by atoms with Crippen molar-refractivity contribution in [3.05, 3.63) is 20.8 Å². The molecule has 0 radical (unpaired) electrons. The Balaban J connectivity index is 0.00000147. The van der Waals surface area contributed by atoms with Crippen molar-refractivity contribution >= 4 is 45.6 Å². The number of nitrogens with two attached hydrogens (primary N) is 1. The lowest BCUT2D eigenvalue weighted by atomic mass is 9.84. The van der Waals surface area contributed by atoms with E-state index in [0.29, 0.717) is 18.4 Å². The zero-order valence-corrected chi connectivity index (χ0v) is 14.6. The molecule has 6 heteroatoms. The highest BCUT2D eigenvalue weighted by Gasteiger charge is 2.49. The zero-order valence-electron chi connectivity index (χ0n) is 11.4. The Morgan fingerprint density at radius 2 is 2.20 bits per heavy atom. The van der Waals surface area contributed by atoms with Gasteiger partial charge >= 0.3 is 0 Å². The molecule has 0 aliphatic heterocycles. The van der Waals surface area contributed by atoms with Crippen molar-refractivity contribution in [3.8, 4) is 0 Å². The molecule has 2 saturated carbocycles. The van der Waals surface area contributed by atoms with E-state index in [4.69, 9.17) is 5.73 Å². The van der Waals surface area contributed by atoms with Crippen LogP contribution in [0.2, 0.25) is 0 Å². The number of hydrogen-bond acceptors (Lipinski definition) is 3. The van der Waals surface area contributed by atoms with Gasteiger partial charge in [-0.1, -0.05) is 0 Å². The van der Waals surface area contributed by atoms with E-state index >= 15 is 0 Å². The van der Waals surface area contributed by atoms with Crippen molar-refractivity contribution < 1.29 is 4.79 Å². The van der Waals surface area contributed by atoms with Crippen molar-refractivity contribution in [3.63, 3.8) is 0 Å². The molecule has 1 amide bonds. The topological polar surface area (TPSA) is 46.3 Å². The van der Waals surface area contributed by atoms with Crippen molar-refractivity contribution in [2.45, 2.75) is 31.8 Å². The summed E-state index contributed by atoms with van der Waals surface area (Å²) in [6.45, 7) is 0.690. The smallest absolute Gasteiger partial charge is 0.227 e. The Morgan fingerprint density at radius 1 is 1.50 bits per heavy atom. The first-order valence-electron chi connectivity index (χ1n) is 6.79. The Bertz CT molecular complexity index is 493. The molecule has 1 heterocycles. The van der Waals surface area contributed by atoms with Gasteiger partial charge in [0.1, 0.15) is 0 Å².